The van der Waals surface area contributed by atoms with Crippen molar-refractivity contribution in [3.05, 3.63) is 53.7 Å². The quantitative estimate of drug-likeness (QED) is 0.0933. The molecule has 1 aliphatic heterocycles. The molecule has 0 spiro atoms. The van der Waals surface area contributed by atoms with Crippen molar-refractivity contribution in [2.75, 3.05) is 44.4 Å². The van der Waals surface area contributed by atoms with E-state index >= 15 is 8.78 Å². The number of ether oxygens (including phenoxy) is 2. The first-order chi connectivity index (χ1) is 24.4. The number of aliphatic hydroxyl groups is 7. The minimum absolute atomic E-state index is 0.00855. The van der Waals surface area contributed by atoms with Gasteiger partial charge in [0.1, 0.15) is 34.2 Å². The Bertz CT molecular complexity index is 2170. The highest BCUT2D eigenvalue weighted by molar-refractivity contribution is 6.07. The molecule has 2 fully saturated rings. The van der Waals surface area contributed by atoms with Gasteiger partial charge in [-0.1, -0.05) is 13.0 Å². The van der Waals surface area contributed by atoms with Crippen LogP contribution in [0.4, 0.5) is 14.6 Å². The molecule has 18 heteroatoms. The van der Waals surface area contributed by atoms with Crippen molar-refractivity contribution in [3.63, 3.8) is 0 Å². The number of phenols is 1. The molecule has 0 amide bonds. The van der Waals surface area contributed by atoms with Gasteiger partial charge in [-0.2, -0.15) is 15.1 Å². The molecule has 3 aromatic heterocycles. The third kappa shape index (κ3) is 6.57. The van der Waals surface area contributed by atoms with Crippen molar-refractivity contribution in [1.29, 1.82) is 0 Å². The van der Waals surface area contributed by atoms with E-state index in [0.717, 1.165) is 0 Å². The Morgan fingerprint density at radius 2 is 1.75 bits per heavy atom. The summed E-state index contributed by atoms with van der Waals surface area (Å²) >= 11 is 0. The third-order valence-electron chi connectivity index (χ3n) is 9.59. The van der Waals surface area contributed by atoms with E-state index in [0.29, 0.717) is 34.7 Å². The van der Waals surface area contributed by atoms with E-state index in [9.17, 15) is 40.9 Å². The predicted octanol–water partition coefficient (Wildman–Crippen LogP) is 0.869. The minimum Gasteiger partial charge on any atom is -0.508 e. The van der Waals surface area contributed by atoms with Crippen LogP contribution in [0.1, 0.15) is 32.3 Å². The maximum absolute atomic E-state index is 17.4. The first-order valence-electron chi connectivity index (χ1n) is 16.5. The smallest absolute Gasteiger partial charge is 0.352 e. The third-order valence-corrected chi connectivity index (χ3v) is 9.59. The highest BCUT2D eigenvalue weighted by atomic mass is 19.1. The predicted molar refractivity (Wildman–Crippen MR) is 178 cm³/mol. The maximum Gasteiger partial charge on any atom is 0.352 e. The molecule has 1 saturated heterocycles. The second-order valence-electron chi connectivity index (χ2n) is 13.9. The summed E-state index contributed by atoms with van der Waals surface area (Å²) < 4.78 is 45.5. The summed E-state index contributed by atoms with van der Waals surface area (Å²) in [6.07, 6.45) is -5.31. The van der Waals surface area contributed by atoms with Gasteiger partial charge < -0.3 is 55.2 Å². The lowest BCUT2D eigenvalue weighted by molar-refractivity contribution is -0.512. The van der Waals surface area contributed by atoms with Crippen molar-refractivity contribution in [3.8, 4) is 23.0 Å². The fourth-order valence-electron chi connectivity index (χ4n) is 6.93. The number of anilines is 1. The van der Waals surface area contributed by atoms with Gasteiger partial charge in [-0.25, -0.2) is 13.3 Å². The van der Waals surface area contributed by atoms with Gasteiger partial charge in [-0.15, -0.1) is 4.90 Å². The number of phenolic OH excluding ortho intramolecular Hbond substituents is 1. The number of hydrogen-bond donors (Lipinski definition) is 8. The first-order valence-corrected chi connectivity index (χ1v) is 16.5. The summed E-state index contributed by atoms with van der Waals surface area (Å²) in [5.41, 5.74) is -2.02. The molecule has 1 atom stereocenters. The van der Waals surface area contributed by atoms with E-state index in [4.69, 9.17) is 9.47 Å². The molecule has 0 radical (unpaired) electrons. The largest absolute Gasteiger partial charge is 0.508 e. The lowest BCUT2D eigenvalue weighted by atomic mass is 9.94. The number of fused-ring (bicyclic) bond motifs is 4. The number of hydrogen-bond acceptors (Lipinski definition) is 15. The molecule has 16 nitrogen and oxygen atoms in total. The summed E-state index contributed by atoms with van der Waals surface area (Å²) in [5.74, 6) is -1.48. The topological polar surface area (TPSA) is 230 Å². The van der Waals surface area contributed by atoms with Crippen LogP contribution in [0.25, 0.3) is 38.4 Å². The molecule has 1 aliphatic carbocycles. The van der Waals surface area contributed by atoms with Crippen LogP contribution in [0.5, 0.6) is 11.8 Å². The number of halogens is 2. The normalized spacial score (nSPS) is 19.6. The molecule has 0 bridgehead atoms. The molecule has 7 rings (SSSR count). The SMILES string of the molecule is CCc1c(F)ccc2cc(O)cc(-c3c(F)c4nc(OCC5(CN(C(O)(O)O)C(O)(O)O)CC5)nc(N5CCOCC(C)(O)C5)c4c4ccnn34)c12. The van der Waals surface area contributed by atoms with Crippen molar-refractivity contribution in [2.24, 2.45) is 5.41 Å². The van der Waals surface area contributed by atoms with Gasteiger partial charge in [0.25, 0.3) is 0 Å². The molecule has 2 aliphatic rings. The number of aromatic hydroxyl groups is 1. The summed E-state index contributed by atoms with van der Waals surface area (Å²) in [6, 6.07) is 6.80. The second kappa shape index (κ2) is 12.6. The van der Waals surface area contributed by atoms with Gasteiger partial charge in [-0.05, 0) is 66.8 Å². The van der Waals surface area contributed by atoms with Gasteiger partial charge in [-0.3, -0.25) is 0 Å². The van der Waals surface area contributed by atoms with Crippen LogP contribution >= 0.6 is 0 Å². The molecule has 5 aromatic rings. The summed E-state index contributed by atoms with van der Waals surface area (Å²) in [7, 11) is 0. The Labute approximate surface area is 293 Å². The number of rotatable bonds is 10. The minimum atomic E-state index is -3.82. The van der Waals surface area contributed by atoms with Gasteiger partial charge in [0.2, 0.25) is 0 Å². The van der Waals surface area contributed by atoms with E-state index in [2.05, 4.69) is 15.1 Å². The standard InChI is InChI=1S/C34H38F2N6O10/c1-3-20-22(35)5-4-18-12-19(43)13-21(24(18)20)28-26(36)27-25(23-6-9-37-42(23)28)29(40-10-11-51-16-31(2,44)14-40)39-30(38-27)52-17-32(7-8-32)15-41(33(45,46)47)34(48,49)50/h4-6,9,12-13,43-50H,3,7-8,10-11,14-17H2,1-2H3. The second-order valence-corrected chi connectivity index (χ2v) is 13.9. The van der Waals surface area contributed by atoms with Gasteiger partial charge in [0, 0.05) is 24.1 Å². The lowest BCUT2D eigenvalue weighted by Crippen LogP contribution is -2.63. The van der Waals surface area contributed by atoms with E-state index in [1.165, 1.54) is 35.0 Å². The van der Waals surface area contributed by atoms with Gasteiger partial charge in [0.15, 0.2) is 5.82 Å². The Morgan fingerprint density at radius 1 is 1.02 bits per heavy atom. The first kappa shape index (κ1) is 36.0. The van der Waals surface area contributed by atoms with Crippen LogP contribution in [-0.2, 0) is 11.2 Å². The number of benzene rings is 2. The van der Waals surface area contributed by atoms with Gasteiger partial charge >= 0.3 is 18.2 Å². The average molecular weight is 729 g/mol. The number of pyridine rings is 1. The molecular formula is C34H38F2N6O10. The fraction of sp³-hybridized carbons (Fsp3) is 0.441. The fourth-order valence-corrected chi connectivity index (χ4v) is 6.93. The molecular weight excluding hydrogens is 690 g/mol. The highest BCUT2D eigenvalue weighted by Crippen LogP contribution is 2.48. The number of aryl methyl sites for hydroxylation is 1. The van der Waals surface area contributed by atoms with Crippen LogP contribution in [0.3, 0.4) is 0 Å². The average Bonchev–Trinajstić information content (AvgIpc) is 3.72. The van der Waals surface area contributed by atoms with Crippen LogP contribution in [0.15, 0.2) is 36.5 Å². The Kier molecular flexibility index (Phi) is 8.75. The lowest BCUT2D eigenvalue weighted by Gasteiger charge is -2.37. The Hall–Kier alpha value is -4.37. The maximum atomic E-state index is 17.4. The molecule has 2 aromatic carbocycles. The zero-order chi connectivity index (χ0) is 37.4. The Balaban J connectivity index is 1.43. The van der Waals surface area contributed by atoms with Crippen molar-refractivity contribution < 1.29 is 59.1 Å². The van der Waals surface area contributed by atoms with E-state index in [-0.39, 0.29) is 84.0 Å². The van der Waals surface area contributed by atoms with Crippen LogP contribution in [0, 0.1) is 17.0 Å². The van der Waals surface area contributed by atoms with E-state index in [1.54, 1.807) is 24.8 Å². The van der Waals surface area contributed by atoms with Crippen molar-refractivity contribution in [2.45, 2.75) is 50.9 Å². The molecule has 278 valence electrons. The van der Waals surface area contributed by atoms with E-state index in [1.807, 2.05) is 0 Å². The molecule has 1 unspecified atom stereocenters. The number of aromatic nitrogens is 4. The van der Waals surface area contributed by atoms with Crippen LogP contribution in [-0.4, -0.2) is 123 Å². The molecule has 52 heavy (non-hydrogen) atoms. The zero-order valence-electron chi connectivity index (χ0n) is 28.2. The van der Waals surface area contributed by atoms with Gasteiger partial charge in [0.05, 0.1) is 43.5 Å². The monoisotopic (exact) mass is 728 g/mol. The van der Waals surface area contributed by atoms with Crippen molar-refractivity contribution >= 4 is 33.0 Å². The Morgan fingerprint density at radius 3 is 2.42 bits per heavy atom. The van der Waals surface area contributed by atoms with Crippen LogP contribution in [0.2, 0.25) is 0 Å². The van der Waals surface area contributed by atoms with Crippen LogP contribution < -0.4 is 9.64 Å². The number of nitrogens with zero attached hydrogens (tertiary/aromatic N) is 6. The van der Waals surface area contributed by atoms with E-state index < -0.39 is 41.4 Å². The zero-order valence-corrected chi connectivity index (χ0v) is 28.2. The summed E-state index contributed by atoms with van der Waals surface area (Å²) in [4.78, 5) is 10.6. The summed E-state index contributed by atoms with van der Waals surface area (Å²) in [5, 5.41) is 85.3. The molecule has 8 N–H and O–H groups in total. The van der Waals surface area contributed by atoms with Crippen molar-refractivity contribution in [1.82, 2.24) is 24.5 Å². The highest BCUT2D eigenvalue weighted by Gasteiger charge is 2.54. The molecule has 1 saturated carbocycles. The number of β-amino-alcohol motifs (C(OH)–C–C–N with tert-alkyl or cyclic N) is 1. The summed E-state index contributed by atoms with van der Waals surface area (Å²) in [6.45, 7) is 2.76. The molecule has 4 heterocycles.